The van der Waals surface area contributed by atoms with Crippen molar-refractivity contribution in [2.75, 3.05) is 0 Å². The summed E-state index contributed by atoms with van der Waals surface area (Å²) in [5, 5.41) is 0. The number of carbonyl (C=O) groups excluding carboxylic acids is 1. The summed E-state index contributed by atoms with van der Waals surface area (Å²) in [6.45, 7) is 1.38. The topological polar surface area (TPSA) is 26.3 Å². The van der Waals surface area contributed by atoms with Gasteiger partial charge in [-0.1, -0.05) is 30.3 Å². The molecule has 1 rings (SSSR count). The van der Waals surface area contributed by atoms with Crippen LogP contribution in [0, 0.1) is 9.85 Å². The van der Waals surface area contributed by atoms with Crippen LogP contribution in [0.1, 0.15) is 18.6 Å². The molecule has 0 heterocycles. The van der Waals surface area contributed by atoms with Crippen molar-refractivity contribution in [3.63, 3.8) is 0 Å². The van der Waals surface area contributed by atoms with Crippen LogP contribution < -0.4 is 0 Å². The van der Waals surface area contributed by atoms with Crippen molar-refractivity contribution in [3.05, 3.63) is 35.9 Å². The van der Waals surface area contributed by atoms with Gasteiger partial charge in [0.25, 0.3) is 0 Å². The Morgan fingerprint density at radius 3 is 2.57 bits per heavy atom. The second-order valence-electron chi connectivity index (χ2n) is 2.64. The third-order valence-electron chi connectivity index (χ3n) is 1.57. The molecule has 0 saturated heterocycles. The van der Waals surface area contributed by atoms with Gasteiger partial charge in [-0.05, 0) is 9.85 Å². The molecule has 2 nitrogen and oxygen atoms in total. The van der Waals surface area contributed by atoms with E-state index in [1.54, 1.807) is 0 Å². The average Bonchev–Trinajstić information content (AvgIpc) is 2.18. The van der Waals surface area contributed by atoms with Crippen LogP contribution >= 0.6 is 22.6 Å². The predicted molar refractivity (Wildman–Crippen MR) is 62.7 cm³/mol. The second-order valence-corrected chi connectivity index (χ2v) is 3.18. The number of rotatable bonds is 2. The van der Waals surface area contributed by atoms with Crippen LogP contribution in [0.25, 0.3) is 0 Å². The van der Waals surface area contributed by atoms with Crippen LogP contribution in [0.15, 0.2) is 30.3 Å². The molecule has 0 bridgehead atoms. The zero-order chi connectivity index (χ0) is 10.4. The summed E-state index contributed by atoms with van der Waals surface area (Å²) < 4.78 is 7.77. The SMILES string of the molecule is CC(=O)OC(C#CI)c1ccccc1. The van der Waals surface area contributed by atoms with Crippen LogP contribution in [0.5, 0.6) is 0 Å². The molecule has 0 aliphatic heterocycles. The van der Waals surface area contributed by atoms with E-state index in [4.69, 9.17) is 4.74 Å². The van der Waals surface area contributed by atoms with Crippen LogP contribution in [0.4, 0.5) is 0 Å². The molecule has 1 aromatic rings. The predicted octanol–water partition coefficient (Wildman–Crippen LogP) is 2.69. The molecule has 1 unspecified atom stereocenters. The fourth-order valence-corrected chi connectivity index (χ4v) is 1.31. The first-order valence-electron chi connectivity index (χ1n) is 4.07. The monoisotopic (exact) mass is 300 g/mol. The van der Waals surface area contributed by atoms with Gasteiger partial charge in [-0.25, -0.2) is 0 Å². The van der Waals surface area contributed by atoms with Crippen molar-refractivity contribution in [3.8, 4) is 9.85 Å². The number of hydrogen-bond acceptors (Lipinski definition) is 2. The Bertz CT molecular complexity index is 362. The van der Waals surface area contributed by atoms with E-state index in [-0.39, 0.29) is 5.97 Å². The zero-order valence-electron chi connectivity index (χ0n) is 7.66. The minimum Gasteiger partial charge on any atom is -0.444 e. The van der Waals surface area contributed by atoms with E-state index in [0.29, 0.717) is 0 Å². The molecule has 0 amide bonds. The molecule has 0 aliphatic carbocycles. The van der Waals surface area contributed by atoms with Crippen molar-refractivity contribution in [2.24, 2.45) is 0 Å². The van der Waals surface area contributed by atoms with E-state index in [9.17, 15) is 4.79 Å². The highest BCUT2D eigenvalue weighted by atomic mass is 127. The molecule has 0 fully saturated rings. The van der Waals surface area contributed by atoms with Gasteiger partial charge < -0.3 is 4.74 Å². The Labute approximate surface area is 96.8 Å². The highest BCUT2D eigenvalue weighted by Gasteiger charge is 2.10. The van der Waals surface area contributed by atoms with Crippen molar-refractivity contribution >= 4 is 28.6 Å². The maximum absolute atomic E-state index is 10.8. The lowest BCUT2D eigenvalue weighted by Crippen LogP contribution is -2.06. The molecule has 72 valence electrons. The second kappa shape index (κ2) is 5.66. The number of hydrogen-bond donors (Lipinski definition) is 0. The van der Waals surface area contributed by atoms with E-state index in [2.05, 4.69) is 9.85 Å². The van der Waals surface area contributed by atoms with Crippen LogP contribution in [0.3, 0.4) is 0 Å². The first-order valence-corrected chi connectivity index (χ1v) is 5.15. The van der Waals surface area contributed by atoms with Crippen molar-refractivity contribution in [1.29, 1.82) is 0 Å². The minimum atomic E-state index is -0.453. The quantitative estimate of drug-likeness (QED) is 0.477. The first kappa shape index (κ1) is 11.1. The smallest absolute Gasteiger partial charge is 0.304 e. The molecule has 0 aromatic heterocycles. The number of carbonyl (C=O) groups is 1. The summed E-state index contributed by atoms with van der Waals surface area (Å²) in [6, 6.07) is 9.45. The summed E-state index contributed by atoms with van der Waals surface area (Å²) in [7, 11) is 0. The summed E-state index contributed by atoms with van der Waals surface area (Å²) in [5.41, 5.74) is 0.895. The van der Waals surface area contributed by atoms with Crippen LogP contribution in [-0.4, -0.2) is 5.97 Å². The van der Waals surface area contributed by atoms with E-state index in [1.807, 2.05) is 52.9 Å². The fourth-order valence-electron chi connectivity index (χ4n) is 1.02. The highest BCUT2D eigenvalue weighted by molar-refractivity contribution is 14.1. The molecular weight excluding hydrogens is 291 g/mol. The number of ether oxygens (including phenoxy) is 1. The number of benzene rings is 1. The van der Waals surface area contributed by atoms with Gasteiger partial charge in [0.15, 0.2) is 6.10 Å². The summed E-state index contributed by atoms with van der Waals surface area (Å²) in [5.74, 6) is 2.50. The van der Waals surface area contributed by atoms with Gasteiger partial charge in [0.05, 0.1) is 0 Å². The van der Waals surface area contributed by atoms with Crippen molar-refractivity contribution in [1.82, 2.24) is 0 Å². The third-order valence-corrected chi connectivity index (χ3v) is 1.88. The molecule has 0 spiro atoms. The molecule has 0 saturated carbocycles. The standard InChI is InChI=1S/C11H9IO2/c1-9(13)14-11(7-8-12)10-5-3-2-4-6-10/h2-6,11H,1H3. The first-order chi connectivity index (χ1) is 6.74. The maximum Gasteiger partial charge on any atom is 0.304 e. The summed E-state index contributed by atoms with van der Waals surface area (Å²) in [6.07, 6.45) is -0.453. The fraction of sp³-hybridized carbons (Fsp3) is 0.182. The lowest BCUT2D eigenvalue weighted by molar-refractivity contribution is -0.144. The van der Waals surface area contributed by atoms with Gasteiger partial charge in [-0.3, -0.25) is 4.79 Å². The number of halogens is 1. The van der Waals surface area contributed by atoms with E-state index in [0.717, 1.165) is 5.56 Å². The van der Waals surface area contributed by atoms with Crippen molar-refractivity contribution in [2.45, 2.75) is 13.0 Å². The van der Waals surface area contributed by atoms with E-state index >= 15 is 0 Å². The van der Waals surface area contributed by atoms with Crippen molar-refractivity contribution < 1.29 is 9.53 Å². The van der Waals surface area contributed by atoms with Gasteiger partial charge in [-0.2, -0.15) is 0 Å². The largest absolute Gasteiger partial charge is 0.444 e. The Morgan fingerprint density at radius 1 is 1.43 bits per heavy atom. The molecule has 0 radical (unpaired) electrons. The van der Waals surface area contributed by atoms with E-state index < -0.39 is 6.10 Å². The third kappa shape index (κ3) is 3.38. The maximum atomic E-state index is 10.8. The van der Waals surface area contributed by atoms with Gasteiger partial charge >= 0.3 is 5.97 Å². The molecule has 0 N–H and O–H groups in total. The van der Waals surface area contributed by atoms with Gasteiger partial charge in [0.2, 0.25) is 0 Å². The molecular formula is C11H9IO2. The van der Waals surface area contributed by atoms with Gasteiger partial charge in [0.1, 0.15) is 0 Å². The summed E-state index contributed by atoms with van der Waals surface area (Å²) in [4.78, 5) is 10.8. The molecule has 0 aliphatic rings. The Balaban J connectivity index is 2.87. The Kier molecular flexibility index (Phi) is 4.47. The van der Waals surface area contributed by atoms with E-state index in [1.165, 1.54) is 6.92 Å². The van der Waals surface area contributed by atoms with Gasteiger partial charge in [0, 0.05) is 35.1 Å². The molecule has 14 heavy (non-hydrogen) atoms. The Hall–Kier alpha value is -1.02. The molecule has 3 heteroatoms. The van der Waals surface area contributed by atoms with Crippen LogP contribution in [-0.2, 0) is 9.53 Å². The zero-order valence-corrected chi connectivity index (χ0v) is 9.82. The number of esters is 1. The summed E-state index contributed by atoms with van der Waals surface area (Å²) >= 11 is 1.92. The molecule has 1 atom stereocenters. The molecule has 1 aromatic carbocycles. The highest BCUT2D eigenvalue weighted by Crippen LogP contribution is 2.16. The lowest BCUT2D eigenvalue weighted by atomic mass is 10.1. The van der Waals surface area contributed by atoms with Crippen LogP contribution in [0.2, 0.25) is 0 Å². The average molecular weight is 300 g/mol. The normalized spacial score (nSPS) is 11.0. The lowest BCUT2D eigenvalue weighted by Gasteiger charge is -2.10. The Morgan fingerprint density at radius 2 is 2.07 bits per heavy atom. The van der Waals surface area contributed by atoms with Gasteiger partial charge in [-0.15, -0.1) is 0 Å². The minimum absolute atomic E-state index is 0.321.